The van der Waals surface area contributed by atoms with E-state index in [1.54, 1.807) is 25.1 Å². The van der Waals surface area contributed by atoms with Gasteiger partial charge in [-0.25, -0.2) is 9.78 Å². The van der Waals surface area contributed by atoms with Crippen molar-refractivity contribution in [1.82, 2.24) is 10.3 Å². The number of hydrogen-bond donors (Lipinski definition) is 3. The van der Waals surface area contributed by atoms with Gasteiger partial charge in [-0.1, -0.05) is 17.4 Å². The van der Waals surface area contributed by atoms with Crippen LogP contribution in [0.2, 0.25) is 0 Å². The number of nitrogens with zero attached hydrogens (tertiary/aromatic N) is 3. The van der Waals surface area contributed by atoms with Crippen molar-refractivity contribution in [3.8, 4) is 5.75 Å². The van der Waals surface area contributed by atoms with Crippen LogP contribution in [0.15, 0.2) is 45.4 Å². The predicted octanol–water partition coefficient (Wildman–Crippen LogP) is 2.90. The van der Waals surface area contributed by atoms with Gasteiger partial charge in [-0.3, -0.25) is 10.1 Å². The van der Waals surface area contributed by atoms with E-state index in [1.165, 1.54) is 18.4 Å². The normalized spacial score (nSPS) is 16.9. The molecule has 0 aliphatic carbocycles. The Morgan fingerprint density at radius 3 is 2.93 bits per heavy atom. The first-order chi connectivity index (χ1) is 13.9. The minimum atomic E-state index is -0.615. The number of benzene rings is 1. The van der Waals surface area contributed by atoms with Crippen molar-refractivity contribution >= 4 is 56.7 Å². The topological polar surface area (TPSA) is 125 Å². The molecule has 0 radical (unpaired) electrons. The Hall–Kier alpha value is -3.18. The van der Waals surface area contributed by atoms with Crippen LogP contribution in [-0.4, -0.2) is 40.0 Å². The molecule has 3 rings (SSSR count). The van der Waals surface area contributed by atoms with E-state index in [4.69, 9.17) is 0 Å². The molecule has 0 atom stereocenters. The second-order valence-electron chi connectivity index (χ2n) is 5.79. The van der Waals surface area contributed by atoms with Crippen molar-refractivity contribution in [3.05, 3.63) is 45.8 Å². The zero-order valence-corrected chi connectivity index (χ0v) is 17.3. The number of amides is 1. The molecule has 1 aliphatic heterocycles. The van der Waals surface area contributed by atoms with E-state index >= 15 is 0 Å². The number of phenols is 1. The molecule has 3 N–H and O–H groups in total. The molecule has 1 saturated heterocycles. The van der Waals surface area contributed by atoms with Crippen LogP contribution in [-0.2, 0) is 14.3 Å². The van der Waals surface area contributed by atoms with Crippen molar-refractivity contribution in [2.24, 2.45) is 10.2 Å². The van der Waals surface area contributed by atoms with Crippen molar-refractivity contribution in [2.75, 3.05) is 12.4 Å². The maximum atomic E-state index is 11.8. The molecular formula is C18H17N5O4S2. The monoisotopic (exact) mass is 431 g/mol. The van der Waals surface area contributed by atoms with Gasteiger partial charge in [0.15, 0.2) is 10.3 Å². The lowest BCUT2D eigenvalue weighted by Gasteiger charge is -2.02. The Morgan fingerprint density at radius 2 is 2.21 bits per heavy atom. The number of thioether (sulfide) groups is 1. The Labute approximate surface area is 174 Å². The van der Waals surface area contributed by atoms with Crippen LogP contribution in [0.1, 0.15) is 17.5 Å². The molecule has 0 unspecified atom stereocenters. The van der Waals surface area contributed by atoms with Gasteiger partial charge in [0.25, 0.3) is 5.91 Å². The highest BCUT2D eigenvalue weighted by atomic mass is 32.2. The van der Waals surface area contributed by atoms with Crippen LogP contribution < -0.4 is 10.6 Å². The molecule has 1 aromatic carbocycles. The molecule has 9 nitrogen and oxygen atoms in total. The molecule has 11 heteroatoms. The predicted molar refractivity (Wildman–Crippen MR) is 114 cm³/mol. The van der Waals surface area contributed by atoms with Gasteiger partial charge in [0.05, 0.1) is 28.3 Å². The number of ether oxygens (including phenoxy) is 1. The van der Waals surface area contributed by atoms with Gasteiger partial charge in [-0.15, -0.1) is 5.10 Å². The Bertz CT molecular complexity index is 1060. The number of aromatic nitrogens is 1. The van der Waals surface area contributed by atoms with Gasteiger partial charge in [-0.05, 0) is 37.7 Å². The van der Waals surface area contributed by atoms with Crippen molar-refractivity contribution in [1.29, 1.82) is 0 Å². The van der Waals surface area contributed by atoms with Gasteiger partial charge >= 0.3 is 5.97 Å². The number of aromatic hydroxyl groups is 1. The SMILES string of the molecule is COC(=O)/C=C1/S/C(=N/N=C(\C)c2sc(Nc3cccc(O)c3)nc2C)NC1=O. The number of carbonyl (C=O) groups excluding carboxylic acids is 2. The average molecular weight is 431 g/mol. The summed E-state index contributed by atoms with van der Waals surface area (Å²) in [7, 11) is 1.24. The fourth-order valence-electron chi connectivity index (χ4n) is 2.30. The van der Waals surface area contributed by atoms with Crippen molar-refractivity contribution < 1.29 is 19.4 Å². The Balaban J connectivity index is 1.74. The summed E-state index contributed by atoms with van der Waals surface area (Å²) >= 11 is 2.40. The van der Waals surface area contributed by atoms with Gasteiger partial charge < -0.3 is 15.2 Å². The molecule has 150 valence electrons. The fraction of sp³-hybridized carbons (Fsp3) is 0.167. The number of thiazole rings is 1. The van der Waals surface area contributed by atoms with Gasteiger partial charge in [-0.2, -0.15) is 5.10 Å². The summed E-state index contributed by atoms with van der Waals surface area (Å²) in [6.45, 7) is 3.64. The molecule has 0 bridgehead atoms. The van der Waals surface area contributed by atoms with Gasteiger partial charge in [0.1, 0.15) is 5.75 Å². The molecule has 0 saturated carbocycles. The maximum absolute atomic E-state index is 11.8. The van der Waals surface area contributed by atoms with E-state index in [2.05, 4.69) is 30.6 Å². The average Bonchev–Trinajstić information content (AvgIpc) is 3.21. The molecule has 29 heavy (non-hydrogen) atoms. The van der Waals surface area contributed by atoms with E-state index < -0.39 is 11.9 Å². The molecule has 1 fully saturated rings. The Kier molecular flexibility index (Phi) is 6.29. The number of nitrogens with one attached hydrogen (secondary N) is 2. The summed E-state index contributed by atoms with van der Waals surface area (Å²) in [5, 5.41) is 24.4. The smallest absolute Gasteiger partial charge is 0.331 e. The van der Waals surface area contributed by atoms with Crippen molar-refractivity contribution in [3.63, 3.8) is 0 Å². The van der Waals surface area contributed by atoms with Crippen LogP contribution >= 0.6 is 23.1 Å². The van der Waals surface area contributed by atoms with Crippen LogP contribution in [0.4, 0.5) is 10.8 Å². The lowest BCUT2D eigenvalue weighted by atomic mass is 10.3. The zero-order chi connectivity index (χ0) is 21.0. The zero-order valence-electron chi connectivity index (χ0n) is 15.7. The third kappa shape index (κ3) is 5.21. The van der Waals surface area contributed by atoms with E-state index in [0.717, 1.165) is 34.1 Å². The number of aryl methyl sites for hydroxylation is 1. The number of esters is 1. The Morgan fingerprint density at radius 1 is 1.41 bits per heavy atom. The highest BCUT2D eigenvalue weighted by molar-refractivity contribution is 8.18. The highest BCUT2D eigenvalue weighted by Crippen LogP contribution is 2.28. The minimum Gasteiger partial charge on any atom is -0.508 e. The minimum absolute atomic E-state index is 0.161. The number of carbonyl (C=O) groups is 2. The summed E-state index contributed by atoms with van der Waals surface area (Å²) in [6, 6.07) is 6.74. The molecular weight excluding hydrogens is 414 g/mol. The van der Waals surface area contributed by atoms with E-state index in [1.807, 2.05) is 13.0 Å². The largest absolute Gasteiger partial charge is 0.508 e. The highest BCUT2D eigenvalue weighted by Gasteiger charge is 2.25. The van der Waals surface area contributed by atoms with Gasteiger partial charge in [0, 0.05) is 17.8 Å². The lowest BCUT2D eigenvalue weighted by molar-refractivity contribution is -0.135. The molecule has 2 aromatic rings. The first-order valence-corrected chi connectivity index (χ1v) is 9.94. The number of rotatable bonds is 5. The van der Waals surface area contributed by atoms with Gasteiger partial charge in [0.2, 0.25) is 0 Å². The van der Waals surface area contributed by atoms with Crippen LogP contribution in [0, 0.1) is 6.92 Å². The number of phenolic OH excluding ortho intramolecular Hbond substituents is 1. The summed E-state index contributed by atoms with van der Waals surface area (Å²) < 4.78 is 4.51. The number of hydrogen-bond acceptors (Lipinski definition) is 10. The third-order valence-corrected chi connectivity index (χ3v) is 5.70. The molecule has 0 spiro atoms. The molecule has 2 heterocycles. The third-order valence-electron chi connectivity index (χ3n) is 3.61. The van der Waals surface area contributed by atoms with Crippen LogP contribution in [0.5, 0.6) is 5.75 Å². The van der Waals surface area contributed by atoms with Crippen LogP contribution in [0.25, 0.3) is 0 Å². The van der Waals surface area contributed by atoms with E-state index in [9.17, 15) is 14.7 Å². The van der Waals surface area contributed by atoms with Crippen LogP contribution in [0.3, 0.4) is 0 Å². The van der Waals surface area contributed by atoms with E-state index in [-0.39, 0.29) is 15.8 Å². The number of amidine groups is 1. The van der Waals surface area contributed by atoms with Crippen molar-refractivity contribution in [2.45, 2.75) is 13.8 Å². The summed E-state index contributed by atoms with van der Waals surface area (Å²) in [5.74, 6) is -0.886. The maximum Gasteiger partial charge on any atom is 0.331 e. The quantitative estimate of drug-likeness (QED) is 0.288. The second-order valence-corrected chi connectivity index (χ2v) is 7.82. The molecule has 1 amide bonds. The number of anilines is 2. The summed E-state index contributed by atoms with van der Waals surface area (Å²) in [4.78, 5) is 28.6. The lowest BCUT2D eigenvalue weighted by Crippen LogP contribution is -2.19. The summed E-state index contributed by atoms with van der Waals surface area (Å²) in [6.07, 6.45) is 1.10. The first kappa shape index (κ1) is 20.6. The standard InChI is InChI=1S/C18H17N5O4S2/c1-9-15(29-17(19-9)20-11-5-4-6-12(24)7-11)10(2)22-23-18-21-16(26)13(28-18)8-14(25)27-3/h4-8,24H,1-3H3,(H,19,20)(H,21,23,26)/b13-8+,22-10+. The fourth-order valence-corrected chi connectivity index (χ4v) is 3.96. The molecule has 1 aromatic heterocycles. The number of methoxy groups -OCH3 is 1. The summed E-state index contributed by atoms with van der Waals surface area (Å²) in [5.41, 5.74) is 2.11. The molecule has 1 aliphatic rings. The van der Waals surface area contributed by atoms with E-state index in [0.29, 0.717) is 10.8 Å². The second kappa shape index (κ2) is 8.88. The first-order valence-electron chi connectivity index (χ1n) is 8.30.